The molecule has 0 aliphatic heterocycles. The smallest absolute Gasteiger partial charge is 0.137 e. The molecule has 3 nitrogen and oxygen atoms in total. The highest BCUT2D eigenvalue weighted by molar-refractivity contribution is 5.57. The summed E-state index contributed by atoms with van der Waals surface area (Å²) in [7, 11) is 0. The molecule has 0 N–H and O–H groups in total. The molecule has 1 unspecified atom stereocenters. The summed E-state index contributed by atoms with van der Waals surface area (Å²) in [5, 5.41) is 8.70. The van der Waals surface area contributed by atoms with Crippen LogP contribution in [0.15, 0.2) is 0 Å². The maximum atomic E-state index is 10.5. The topological polar surface area (TPSA) is 50.1 Å². The predicted molar refractivity (Wildman–Crippen MR) is 108 cm³/mol. The molecule has 0 aromatic heterocycles. The van der Waals surface area contributed by atoms with Crippen LogP contribution in [0.4, 0.5) is 0 Å². The molecule has 0 aromatic rings. The number of carbonyl (C=O) groups excluding carboxylic acids is 1. The van der Waals surface area contributed by atoms with Crippen LogP contribution < -0.4 is 0 Å². The molecule has 0 radical (unpaired) electrons. The molecule has 1 fully saturated rings. The Morgan fingerprint density at radius 2 is 1.31 bits per heavy atom. The van der Waals surface area contributed by atoms with Gasteiger partial charge in [0.15, 0.2) is 0 Å². The molecule has 0 amide bonds. The Hall–Kier alpha value is -0.880. The minimum atomic E-state index is -0.381. The second-order valence-electron chi connectivity index (χ2n) is 8.03. The summed E-state index contributed by atoms with van der Waals surface area (Å²) in [6.07, 6.45) is 24.3. The zero-order valence-electron chi connectivity index (χ0n) is 16.9. The van der Waals surface area contributed by atoms with Gasteiger partial charge in [-0.2, -0.15) is 5.26 Å². The summed E-state index contributed by atoms with van der Waals surface area (Å²) in [4.78, 5) is 10.5. The Bertz CT molecular complexity index is 358. The molecule has 0 heterocycles. The molecule has 1 saturated carbocycles. The fourth-order valence-corrected chi connectivity index (χ4v) is 3.88. The zero-order valence-corrected chi connectivity index (χ0v) is 16.9. The highest BCUT2D eigenvalue weighted by Crippen LogP contribution is 2.20. The number of nitrogens with zero attached hydrogens (tertiary/aromatic N) is 1. The van der Waals surface area contributed by atoms with Gasteiger partial charge < -0.3 is 9.53 Å². The second-order valence-corrected chi connectivity index (χ2v) is 8.03. The van der Waals surface area contributed by atoms with E-state index in [-0.39, 0.29) is 5.92 Å². The third kappa shape index (κ3) is 13.3. The number of unbranched alkanes of at least 4 members (excludes halogenated alkanes) is 11. The van der Waals surface area contributed by atoms with E-state index < -0.39 is 0 Å². The average Bonchev–Trinajstić information content (AvgIpc) is 2.68. The van der Waals surface area contributed by atoms with Crippen LogP contribution in [0.1, 0.15) is 116 Å². The number of carbonyl (C=O) groups is 1. The van der Waals surface area contributed by atoms with Gasteiger partial charge in [0.05, 0.1) is 12.2 Å². The molecule has 26 heavy (non-hydrogen) atoms. The van der Waals surface area contributed by atoms with Crippen LogP contribution in [0.25, 0.3) is 0 Å². The quantitative estimate of drug-likeness (QED) is 0.212. The van der Waals surface area contributed by atoms with Crippen molar-refractivity contribution in [3.63, 3.8) is 0 Å². The maximum absolute atomic E-state index is 10.5. The zero-order chi connectivity index (χ0) is 18.7. The molecule has 0 aromatic carbocycles. The first-order valence-corrected chi connectivity index (χ1v) is 11.3. The van der Waals surface area contributed by atoms with Gasteiger partial charge in [-0.05, 0) is 25.7 Å². The van der Waals surface area contributed by atoms with Gasteiger partial charge >= 0.3 is 0 Å². The molecule has 0 spiro atoms. The highest BCUT2D eigenvalue weighted by atomic mass is 16.5. The second kappa shape index (κ2) is 17.5. The van der Waals surface area contributed by atoms with Crippen LogP contribution in [-0.2, 0) is 9.53 Å². The Labute approximate surface area is 161 Å². The van der Waals surface area contributed by atoms with E-state index in [2.05, 4.69) is 0 Å². The number of ether oxygens (including phenoxy) is 1. The van der Waals surface area contributed by atoms with Crippen molar-refractivity contribution >= 4 is 6.29 Å². The first kappa shape index (κ1) is 23.2. The van der Waals surface area contributed by atoms with Gasteiger partial charge in [-0.25, -0.2) is 0 Å². The van der Waals surface area contributed by atoms with Gasteiger partial charge in [0.25, 0.3) is 0 Å². The van der Waals surface area contributed by atoms with Gasteiger partial charge in [-0.15, -0.1) is 0 Å². The van der Waals surface area contributed by atoms with Gasteiger partial charge in [-0.1, -0.05) is 89.9 Å². The lowest BCUT2D eigenvalue weighted by Crippen LogP contribution is -2.17. The van der Waals surface area contributed by atoms with Crippen molar-refractivity contribution in [1.29, 1.82) is 5.26 Å². The number of nitriles is 1. The molecule has 0 bridgehead atoms. The summed E-state index contributed by atoms with van der Waals surface area (Å²) in [5.41, 5.74) is 0. The van der Waals surface area contributed by atoms with E-state index in [1.165, 1.54) is 96.3 Å². The van der Waals surface area contributed by atoms with Gasteiger partial charge in [0.1, 0.15) is 12.2 Å². The third-order valence-corrected chi connectivity index (χ3v) is 5.65. The van der Waals surface area contributed by atoms with Crippen LogP contribution in [0, 0.1) is 17.2 Å². The van der Waals surface area contributed by atoms with Gasteiger partial charge in [0, 0.05) is 6.61 Å². The van der Waals surface area contributed by atoms with E-state index in [0.29, 0.717) is 6.10 Å². The van der Waals surface area contributed by atoms with Crippen LogP contribution >= 0.6 is 0 Å². The SMILES string of the molecule is N#CC(C=O)CCCCCCCCCCCCCCOC1CCCCC1. The Kier molecular flexibility index (Phi) is 15.6. The summed E-state index contributed by atoms with van der Waals surface area (Å²) in [5.74, 6) is -0.381. The van der Waals surface area contributed by atoms with Crippen LogP contribution in [0.2, 0.25) is 0 Å². The lowest BCUT2D eigenvalue weighted by Gasteiger charge is -2.21. The lowest BCUT2D eigenvalue weighted by atomic mass is 9.98. The number of hydrogen-bond acceptors (Lipinski definition) is 3. The molecular formula is C23H41NO2. The largest absolute Gasteiger partial charge is 0.378 e. The van der Waals surface area contributed by atoms with E-state index in [1.807, 2.05) is 6.07 Å². The van der Waals surface area contributed by atoms with Crippen LogP contribution in [0.5, 0.6) is 0 Å². The van der Waals surface area contributed by atoms with E-state index >= 15 is 0 Å². The number of rotatable bonds is 17. The van der Waals surface area contributed by atoms with Crippen LogP contribution in [0.3, 0.4) is 0 Å². The van der Waals surface area contributed by atoms with E-state index in [4.69, 9.17) is 10.00 Å². The first-order valence-electron chi connectivity index (χ1n) is 11.3. The molecule has 0 saturated heterocycles. The Morgan fingerprint density at radius 3 is 1.81 bits per heavy atom. The minimum Gasteiger partial charge on any atom is -0.378 e. The summed E-state index contributed by atoms with van der Waals surface area (Å²) < 4.78 is 5.98. The fraction of sp³-hybridized carbons (Fsp3) is 0.913. The van der Waals surface area contributed by atoms with Crippen molar-refractivity contribution in [3.05, 3.63) is 0 Å². The van der Waals surface area contributed by atoms with E-state index in [9.17, 15) is 4.79 Å². The fourth-order valence-electron chi connectivity index (χ4n) is 3.88. The lowest BCUT2D eigenvalue weighted by molar-refractivity contribution is -0.109. The molecule has 1 atom stereocenters. The van der Waals surface area contributed by atoms with Crippen molar-refractivity contribution in [2.75, 3.05) is 6.61 Å². The predicted octanol–water partition coefficient (Wildman–Crippen LogP) is 6.75. The normalized spacial score (nSPS) is 16.3. The van der Waals surface area contributed by atoms with Crippen molar-refractivity contribution in [3.8, 4) is 6.07 Å². The summed E-state index contributed by atoms with van der Waals surface area (Å²) in [6.45, 7) is 0.979. The number of hydrogen-bond donors (Lipinski definition) is 0. The van der Waals surface area contributed by atoms with Crippen molar-refractivity contribution in [2.45, 2.75) is 122 Å². The van der Waals surface area contributed by atoms with Crippen molar-refractivity contribution < 1.29 is 9.53 Å². The van der Waals surface area contributed by atoms with Gasteiger partial charge in [-0.3, -0.25) is 0 Å². The maximum Gasteiger partial charge on any atom is 0.137 e. The molecule has 1 rings (SSSR count). The Balaban J connectivity index is 1.70. The molecule has 3 heteroatoms. The molecule has 150 valence electrons. The highest BCUT2D eigenvalue weighted by Gasteiger charge is 2.12. The van der Waals surface area contributed by atoms with Crippen molar-refractivity contribution in [1.82, 2.24) is 0 Å². The van der Waals surface area contributed by atoms with Gasteiger partial charge in [0.2, 0.25) is 0 Å². The summed E-state index contributed by atoms with van der Waals surface area (Å²) in [6, 6.07) is 2.04. The van der Waals surface area contributed by atoms with Crippen molar-refractivity contribution in [2.24, 2.45) is 5.92 Å². The van der Waals surface area contributed by atoms with E-state index in [1.54, 1.807) is 0 Å². The average molecular weight is 364 g/mol. The minimum absolute atomic E-state index is 0.381. The van der Waals surface area contributed by atoms with E-state index in [0.717, 1.165) is 32.2 Å². The molecular weight excluding hydrogens is 322 g/mol. The molecule has 1 aliphatic rings. The molecule has 1 aliphatic carbocycles. The summed E-state index contributed by atoms with van der Waals surface area (Å²) >= 11 is 0. The Morgan fingerprint density at radius 1 is 0.808 bits per heavy atom. The monoisotopic (exact) mass is 363 g/mol. The number of aldehydes is 1. The van der Waals surface area contributed by atoms with Crippen LogP contribution in [-0.4, -0.2) is 19.0 Å². The first-order chi connectivity index (χ1) is 12.9. The third-order valence-electron chi connectivity index (χ3n) is 5.65. The standard InChI is InChI=1S/C23H41NO2/c24-20-22(21-25)16-12-9-7-5-3-1-2-4-6-8-10-15-19-26-23-17-13-11-14-18-23/h21-23H,1-19H2.